The molecule has 2 N–H and O–H groups in total. The monoisotopic (exact) mass is 606 g/mol. The van der Waals surface area contributed by atoms with Gasteiger partial charge < -0.3 is 24.3 Å². The Kier molecular flexibility index (Phi) is 9.76. The molecule has 0 aliphatic rings. The predicted octanol–water partition coefficient (Wildman–Crippen LogP) is 6.70. The summed E-state index contributed by atoms with van der Waals surface area (Å²) in [5.74, 6) is 1.16. The molecule has 0 aliphatic heterocycles. The van der Waals surface area contributed by atoms with Gasteiger partial charge in [0.05, 0.1) is 29.4 Å². The van der Waals surface area contributed by atoms with E-state index in [1.165, 1.54) is 6.33 Å². The van der Waals surface area contributed by atoms with Crippen molar-refractivity contribution in [3.05, 3.63) is 89.7 Å². The van der Waals surface area contributed by atoms with Gasteiger partial charge in [-0.25, -0.2) is 9.97 Å². The Hall–Kier alpha value is -4.06. The zero-order chi connectivity index (χ0) is 30.3. The van der Waals surface area contributed by atoms with Crippen molar-refractivity contribution >= 4 is 37.3 Å². The lowest BCUT2D eigenvalue weighted by Gasteiger charge is -2.36. The number of ether oxygens (including phenoxy) is 1. The Labute approximate surface area is 251 Å². The number of halogens is 1. The molecule has 4 rings (SSSR count). The first-order valence-electron chi connectivity index (χ1n) is 13.4. The average Bonchev–Trinajstić information content (AvgIpc) is 3.43. The van der Waals surface area contributed by atoms with Gasteiger partial charge in [0.15, 0.2) is 14.1 Å². The van der Waals surface area contributed by atoms with Gasteiger partial charge in [-0.1, -0.05) is 50.2 Å². The van der Waals surface area contributed by atoms with Crippen LogP contribution in [0.1, 0.15) is 32.2 Å². The molecule has 4 aromatic rings. The number of benzene rings is 1. The summed E-state index contributed by atoms with van der Waals surface area (Å²) in [6.45, 7) is 15.2. The maximum absolute atomic E-state index is 12.6. The third-order valence-corrected chi connectivity index (χ3v) is 11.8. The van der Waals surface area contributed by atoms with Crippen LogP contribution in [-0.2, 0) is 22.4 Å². The molecule has 3 aromatic heterocycles. The molecule has 0 saturated heterocycles. The molecule has 3 heterocycles. The summed E-state index contributed by atoms with van der Waals surface area (Å²) in [4.78, 5) is 25.3. The van der Waals surface area contributed by atoms with E-state index in [-0.39, 0.29) is 24.1 Å². The van der Waals surface area contributed by atoms with E-state index in [2.05, 4.69) is 71.2 Å². The Morgan fingerprint density at radius 1 is 1.12 bits per heavy atom. The fraction of sp³-hybridized carbons (Fsp3) is 0.300. The highest BCUT2D eigenvalue weighted by Gasteiger charge is 2.37. The average molecular weight is 607 g/mol. The first-order valence-corrected chi connectivity index (χ1v) is 16.7. The van der Waals surface area contributed by atoms with Gasteiger partial charge in [0, 0.05) is 29.7 Å². The van der Waals surface area contributed by atoms with Crippen LogP contribution in [0.3, 0.4) is 0 Å². The van der Waals surface area contributed by atoms with Crippen molar-refractivity contribution in [1.82, 2.24) is 25.4 Å². The number of aromatic nitrogens is 4. The van der Waals surface area contributed by atoms with Gasteiger partial charge in [-0.15, -0.1) is 0 Å². The molecular weight excluding hydrogens is 572 g/mol. The van der Waals surface area contributed by atoms with Crippen LogP contribution in [0.15, 0.2) is 77.9 Å². The second-order valence-corrected chi connectivity index (χ2v) is 16.4. The molecule has 1 amide bonds. The Morgan fingerprint density at radius 2 is 1.93 bits per heavy atom. The molecule has 0 unspecified atom stereocenters. The minimum absolute atomic E-state index is 0.0420. The SMILES string of the molecule is C=C(CO[Si](C)(C)C(C)(C)C)C(=O)NCc1cc(-c2cncnc2Nc2ccc(OCc3ccccn3)c(Cl)c2)on1. The van der Waals surface area contributed by atoms with Crippen molar-refractivity contribution in [2.24, 2.45) is 0 Å². The molecule has 42 heavy (non-hydrogen) atoms. The fourth-order valence-corrected chi connectivity index (χ4v) is 4.65. The third-order valence-electron chi connectivity index (χ3n) is 7.00. The number of carbonyl (C=O) groups excluding carboxylic acids is 1. The summed E-state index contributed by atoms with van der Waals surface area (Å²) in [7, 11) is -1.99. The maximum Gasteiger partial charge on any atom is 0.249 e. The first kappa shape index (κ1) is 30.9. The van der Waals surface area contributed by atoms with Gasteiger partial charge in [0.2, 0.25) is 5.91 Å². The summed E-state index contributed by atoms with van der Waals surface area (Å²) in [6, 6.07) is 12.7. The zero-order valence-electron chi connectivity index (χ0n) is 24.4. The predicted molar refractivity (Wildman–Crippen MR) is 165 cm³/mol. The molecule has 0 bridgehead atoms. The third kappa shape index (κ3) is 8.02. The first-order chi connectivity index (χ1) is 19.9. The molecule has 0 aliphatic carbocycles. The van der Waals surface area contributed by atoms with Crippen LogP contribution < -0.4 is 15.4 Å². The molecule has 10 nitrogen and oxygen atoms in total. The minimum atomic E-state index is -1.99. The van der Waals surface area contributed by atoms with E-state index in [0.29, 0.717) is 51.5 Å². The summed E-state index contributed by atoms with van der Waals surface area (Å²) in [5.41, 5.74) is 2.96. The van der Waals surface area contributed by atoms with Crippen LogP contribution >= 0.6 is 11.6 Å². The quantitative estimate of drug-likeness (QED) is 0.134. The molecule has 0 spiro atoms. The molecule has 12 heteroatoms. The highest BCUT2D eigenvalue weighted by Crippen LogP contribution is 2.37. The number of pyridine rings is 1. The Bertz CT molecular complexity index is 1540. The van der Waals surface area contributed by atoms with Gasteiger partial charge >= 0.3 is 0 Å². The number of hydrogen-bond donors (Lipinski definition) is 2. The number of hydrogen-bond acceptors (Lipinski definition) is 9. The minimum Gasteiger partial charge on any atom is -0.486 e. The van der Waals surface area contributed by atoms with Gasteiger partial charge in [-0.3, -0.25) is 9.78 Å². The maximum atomic E-state index is 12.6. The van der Waals surface area contributed by atoms with Gasteiger partial charge in [-0.05, 0) is 48.5 Å². The van der Waals surface area contributed by atoms with E-state index >= 15 is 0 Å². The number of rotatable bonds is 12. The van der Waals surface area contributed by atoms with Gasteiger partial charge in [0.25, 0.3) is 0 Å². The van der Waals surface area contributed by atoms with Crippen LogP contribution in [0.25, 0.3) is 11.3 Å². The summed E-state index contributed by atoms with van der Waals surface area (Å²) >= 11 is 6.47. The molecule has 220 valence electrons. The second kappa shape index (κ2) is 13.3. The van der Waals surface area contributed by atoms with E-state index in [1.807, 2.05) is 24.3 Å². The smallest absolute Gasteiger partial charge is 0.249 e. The summed E-state index contributed by atoms with van der Waals surface area (Å²) in [5, 5.41) is 10.6. The van der Waals surface area contributed by atoms with Crippen LogP contribution in [0, 0.1) is 0 Å². The van der Waals surface area contributed by atoms with Crippen molar-refractivity contribution in [2.45, 2.75) is 52.1 Å². The number of anilines is 2. The van der Waals surface area contributed by atoms with E-state index in [9.17, 15) is 4.79 Å². The topological polar surface area (TPSA) is 124 Å². The van der Waals surface area contributed by atoms with Crippen LogP contribution in [-0.4, -0.2) is 40.9 Å². The lowest BCUT2D eigenvalue weighted by molar-refractivity contribution is -0.118. The summed E-state index contributed by atoms with van der Waals surface area (Å²) in [6.07, 6.45) is 4.75. The Morgan fingerprint density at radius 3 is 2.64 bits per heavy atom. The van der Waals surface area contributed by atoms with Crippen molar-refractivity contribution in [3.63, 3.8) is 0 Å². The number of nitrogens with zero attached hydrogens (tertiary/aromatic N) is 4. The van der Waals surface area contributed by atoms with Crippen molar-refractivity contribution in [3.8, 4) is 17.1 Å². The lowest BCUT2D eigenvalue weighted by atomic mass is 10.2. The van der Waals surface area contributed by atoms with Gasteiger partial charge in [0.1, 0.15) is 30.2 Å². The molecule has 1 aromatic carbocycles. The molecule has 0 atom stereocenters. The number of nitrogens with one attached hydrogen (secondary N) is 2. The Balaban J connectivity index is 1.36. The molecule has 0 radical (unpaired) electrons. The molecule has 0 fully saturated rings. The van der Waals surface area contributed by atoms with Crippen LogP contribution in [0.5, 0.6) is 5.75 Å². The normalized spacial score (nSPS) is 11.7. The highest BCUT2D eigenvalue weighted by molar-refractivity contribution is 6.74. The van der Waals surface area contributed by atoms with Crippen LogP contribution in [0.2, 0.25) is 23.2 Å². The highest BCUT2D eigenvalue weighted by atomic mass is 35.5. The van der Waals surface area contributed by atoms with Crippen molar-refractivity contribution < 1.29 is 18.5 Å². The van der Waals surface area contributed by atoms with E-state index < -0.39 is 8.32 Å². The van der Waals surface area contributed by atoms with E-state index in [1.54, 1.807) is 30.6 Å². The molecular formula is C30H35ClN6O4Si. The van der Waals surface area contributed by atoms with E-state index in [4.69, 9.17) is 25.3 Å². The van der Waals surface area contributed by atoms with Crippen LogP contribution in [0.4, 0.5) is 11.5 Å². The van der Waals surface area contributed by atoms with Crippen molar-refractivity contribution in [1.29, 1.82) is 0 Å². The second-order valence-electron chi connectivity index (χ2n) is 11.2. The standard InChI is InChI=1S/C30H35ClN6O4Si/c1-20(17-40-42(5,6)30(2,3)4)29(38)34-15-23-14-27(41-37-23)24-16-32-19-35-28(24)36-21-10-11-26(25(31)13-21)39-18-22-9-7-8-12-33-22/h7-14,16,19H,1,15,17-18H2,2-6H3,(H,34,38)(H,32,35,36). The number of carbonyl (C=O) groups is 1. The largest absolute Gasteiger partial charge is 0.486 e. The zero-order valence-corrected chi connectivity index (χ0v) is 26.2. The fourth-order valence-electron chi connectivity index (χ4n) is 3.44. The van der Waals surface area contributed by atoms with E-state index in [0.717, 1.165) is 5.69 Å². The molecule has 0 saturated carbocycles. The summed E-state index contributed by atoms with van der Waals surface area (Å²) < 4.78 is 17.5. The lowest BCUT2D eigenvalue weighted by Crippen LogP contribution is -2.42. The number of amides is 1. The van der Waals surface area contributed by atoms with Gasteiger partial charge in [-0.2, -0.15) is 0 Å². The van der Waals surface area contributed by atoms with Crippen molar-refractivity contribution in [2.75, 3.05) is 11.9 Å².